The van der Waals surface area contributed by atoms with E-state index in [1.54, 1.807) is 19.3 Å². The van der Waals surface area contributed by atoms with Gasteiger partial charge in [0.05, 0.1) is 17.5 Å². The summed E-state index contributed by atoms with van der Waals surface area (Å²) in [6.45, 7) is 7.73. The number of hydrogen-bond donors (Lipinski definition) is 3. The molecule has 0 heterocycles. The summed E-state index contributed by atoms with van der Waals surface area (Å²) in [5.74, 6) is 5.71. The van der Waals surface area contributed by atoms with E-state index >= 15 is 0 Å². The first-order chi connectivity index (χ1) is 10.2. The highest BCUT2D eigenvalue weighted by atomic mass is 16.5. The largest absolute Gasteiger partial charge is 0.397 e. The van der Waals surface area contributed by atoms with Gasteiger partial charge >= 0.3 is 0 Å². The minimum atomic E-state index is -0.0967. The Morgan fingerprint density at radius 1 is 1.29 bits per heavy atom. The Labute approximate surface area is 125 Å². The Morgan fingerprint density at radius 3 is 2.57 bits per heavy atom. The molecule has 1 aromatic rings. The Bertz CT molecular complexity index is 629. The molecule has 0 aliphatic heterocycles. The smallest absolute Gasteiger partial charge is 0.0868 e. The van der Waals surface area contributed by atoms with Crippen molar-refractivity contribution >= 4 is 5.70 Å². The van der Waals surface area contributed by atoms with Gasteiger partial charge in [-0.2, -0.15) is 0 Å². The maximum Gasteiger partial charge on any atom is 0.0868 e. The number of fused-ring (bicyclic) bond motifs is 1. The van der Waals surface area contributed by atoms with Crippen LogP contribution in [0.5, 0.6) is 0 Å². The van der Waals surface area contributed by atoms with Gasteiger partial charge in [0.1, 0.15) is 0 Å². The number of nitrogens with two attached hydrogens (primary N) is 2. The van der Waals surface area contributed by atoms with Gasteiger partial charge in [-0.05, 0) is 11.1 Å². The summed E-state index contributed by atoms with van der Waals surface area (Å²) in [6, 6.07) is 7.92. The van der Waals surface area contributed by atoms with Crippen molar-refractivity contribution in [1.82, 2.24) is 5.43 Å². The molecule has 0 radical (unpaired) electrons. The van der Waals surface area contributed by atoms with Crippen molar-refractivity contribution in [2.75, 3.05) is 7.11 Å². The van der Waals surface area contributed by atoms with Crippen LogP contribution in [0, 0.1) is 0 Å². The Hall–Kier alpha value is -2.30. The van der Waals surface area contributed by atoms with E-state index in [4.69, 9.17) is 16.3 Å². The van der Waals surface area contributed by atoms with Crippen molar-refractivity contribution < 1.29 is 4.74 Å². The highest BCUT2D eigenvalue weighted by molar-refractivity contribution is 5.75. The van der Waals surface area contributed by atoms with Gasteiger partial charge in [0.2, 0.25) is 0 Å². The van der Waals surface area contributed by atoms with Crippen molar-refractivity contribution in [3.8, 4) is 0 Å². The quantitative estimate of drug-likeness (QED) is 0.586. The van der Waals surface area contributed by atoms with Gasteiger partial charge in [0.15, 0.2) is 0 Å². The van der Waals surface area contributed by atoms with E-state index in [1.165, 1.54) is 0 Å². The molecule has 1 aromatic carbocycles. The summed E-state index contributed by atoms with van der Waals surface area (Å²) in [4.78, 5) is 0. The fraction of sp³-hybridized carbons (Fsp3) is 0.176. The van der Waals surface area contributed by atoms with Crippen molar-refractivity contribution in [3.05, 3.63) is 77.5 Å². The third kappa shape index (κ3) is 2.63. The van der Waals surface area contributed by atoms with Crippen LogP contribution < -0.4 is 17.0 Å². The number of allylic oxidation sites excluding steroid dienone is 2. The van der Waals surface area contributed by atoms with Gasteiger partial charge < -0.3 is 15.9 Å². The second-order valence-corrected chi connectivity index (χ2v) is 4.80. The van der Waals surface area contributed by atoms with E-state index in [9.17, 15) is 0 Å². The lowest BCUT2D eigenvalue weighted by molar-refractivity contribution is 0.104. The fourth-order valence-corrected chi connectivity index (χ4v) is 2.68. The van der Waals surface area contributed by atoms with Gasteiger partial charge in [0.25, 0.3) is 0 Å². The highest BCUT2D eigenvalue weighted by Crippen LogP contribution is 2.36. The number of hydrazine groups is 1. The zero-order chi connectivity index (χ0) is 15.4. The molecular weight excluding hydrogens is 262 g/mol. The Balaban J connectivity index is 2.81. The molecule has 5 N–H and O–H groups in total. The molecule has 1 atom stereocenters. The number of benzene rings is 1. The van der Waals surface area contributed by atoms with Gasteiger partial charge in [0, 0.05) is 24.7 Å². The predicted octanol–water partition coefficient (Wildman–Crippen LogP) is 2.54. The minimum Gasteiger partial charge on any atom is -0.397 e. The number of ether oxygens (including phenoxy) is 1. The van der Waals surface area contributed by atoms with E-state index in [-0.39, 0.29) is 6.10 Å². The van der Waals surface area contributed by atoms with Gasteiger partial charge in [-0.15, -0.1) is 0 Å². The van der Waals surface area contributed by atoms with Crippen molar-refractivity contribution in [3.63, 3.8) is 0 Å². The molecule has 21 heavy (non-hydrogen) atoms. The van der Waals surface area contributed by atoms with E-state index in [1.807, 2.05) is 24.3 Å². The molecule has 1 aliphatic carbocycles. The summed E-state index contributed by atoms with van der Waals surface area (Å²) in [6.07, 6.45) is 4.10. The lowest BCUT2D eigenvalue weighted by atomic mass is 9.88. The Morgan fingerprint density at radius 2 is 2.00 bits per heavy atom. The molecule has 0 saturated carbocycles. The van der Waals surface area contributed by atoms with Crippen LogP contribution in [0.4, 0.5) is 0 Å². The topological polar surface area (TPSA) is 73.3 Å². The summed E-state index contributed by atoms with van der Waals surface area (Å²) >= 11 is 0. The lowest BCUT2D eigenvalue weighted by Gasteiger charge is -2.26. The van der Waals surface area contributed by atoms with E-state index in [0.717, 1.165) is 22.3 Å². The molecule has 0 amide bonds. The molecule has 2 rings (SSSR count). The van der Waals surface area contributed by atoms with Crippen LogP contribution in [0.15, 0.2) is 66.4 Å². The maximum absolute atomic E-state index is 6.30. The SMILES string of the molecule is C=C/C1=C(C=C)/C(N)=C(/NN)c2ccccc2C(OC)C1. The van der Waals surface area contributed by atoms with Gasteiger partial charge in [-0.3, -0.25) is 5.84 Å². The van der Waals surface area contributed by atoms with Crippen molar-refractivity contribution in [1.29, 1.82) is 0 Å². The first kappa shape index (κ1) is 15.1. The number of hydrogen-bond acceptors (Lipinski definition) is 4. The normalized spacial score (nSPS) is 25.5. The first-order valence-corrected chi connectivity index (χ1v) is 6.74. The van der Waals surface area contributed by atoms with Crippen LogP contribution in [-0.4, -0.2) is 7.11 Å². The van der Waals surface area contributed by atoms with Crippen LogP contribution in [0.3, 0.4) is 0 Å². The molecule has 0 spiro atoms. The zero-order valence-corrected chi connectivity index (χ0v) is 12.2. The summed E-state index contributed by atoms with van der Waals surface area (Å²) in [5.41, 5.74) is 14.0. The molecular formula is C17H21N3O. The number of methoxy groups -OCH3 is 1. The molecule has 0 aromatic heterocycles. The van der Waals surface area contributed by atoms with Crippen LogP contribution in [0.1, 0.15) is 23.7 Å². The van der Waals surface area contributed by atoms with Gasteiger partial charge in [-0.1, -0.05) is 49.6 Å². The van der Waals surface area contributed by atoms with Crippen LogP contribution in [0.2, 0.25) is 0 Å². The van der Waals surface area contributed by atoms with Crippen LogP contribution in [-0.2, 0) is 4.74 Å². The van der Waals surface area contributed by atoms with Crippen molar-refractivity contribution in [2.24, 2.45) is 11.6 Å². The standard InChI is InChI=1S/C17H21N3O/c1-4-11-10-15(21-3)13-8-6-7-9-14(13)17(20-19)16(18)12(11)5-2/h4-9,15,20H,1-2,10,18-19H2,3H3/b12-11-,17-16-. The summed E-state index contributed by atoms with van der Waals surface area (Å²) < 4.78 is 5.66. The minimum absolute atomic E-state index is 0.0967. The van der Waals surface area contributed by atoms with Crippen molar-refractivity contribution in [2.45, 2.75) is 12.5 Å². The van der Waals surface area contributed by atoms with Crippen LogP contribution in [0.25, 0.3) is 5.70 Å². The van der Waals surface area contributed by atoms with E-state index in [0.29, 0.717) is 17.8 Å². The van der Waals surface area contributed by atoms with E-state index < -0.39 is 0 Å². The molecule has 0 fully saturated rings. The zero-order valence-electron chi connectivity index (χ0n) is 12.2. The Kier molecular flexibility index (Phi) is 4.62. The third-order valence-electron chi connectivity index (χ3n) is 3.77. The fourth-order valence-electron chi connectivity index (χ4n) is 2.68. The summed E-state index contributed by atoms with van der Waals surface area (Å²) in [7, 11) is 1.69. The monoisotopic (exact) mass is 283 g/mol. The maximum atomic E-state index is 6.30. The predicted molar refractivity (Wildman–Crippen MR) is 86.7 cm³/mol. The average molecular weight is 283 g/mol. The molecule has 1 unspecified atom stereocenters. The third-order valence-corrected chi connectivity index (χ3v) is 3.77. The molecule has 0 saturated heterocycles. The summed E-state index contributed by atoms with van der Waals surface area (Å²) in [5, 5.41) is 0. The molecule has 4 heteroatoms. The second kappa shape index (κ2) is 6.43. The number of rotatable bonds is 4. The molecule has 1 aliphatic rings. The molecule has 110 valence electrons. The molecule has 4 nitrogen and oxygen atoms in total. The molecule has 0 bridgehead atoms. The number of nitrogens with one attached hydrogen (secondary N) is 1. The van der Waals surface area contributed by atoms with E-state index in [2.05, 4.69) is 18.6 Å². The highest BCUT2D eigenvalue weighted by Gasteiger charge is 2.23. The first-order valence-electron chi connectivity index (χ1n) is 6.74. The van der Waals surface area contributed by atoms with Gasteiger partial charge in [-0.25, -0.2) is 0 Å². The average Bonchev–Trinajstić information content (AvgIpc) is 2.51. The lowest BCUT2D eigenvalue weighted by Crippen LogP contribution is -2.26. The second-order valence-electron chi connectivity index (χ2n) is 4.80. The van der Waals surface area contributed by atoms with Crippen LogP contribution >= 0.6 is 0 Å².